The third kappa shape index (κ3) is 5.13. The monoisotopic (exact) mass is 351 g/mol. The summed E-state index contributed by atoms with van der Waals surface area (Å²) in [7, 11) is -3.36. The van der Waals surface area contributed by atoms with Gasteiger partial charge in [0.15, 0.2) is 5.76 Å². The van der Waals surface area contributed by atoms with Gasteiger partial charge in [-0.25, -0.2) is 8.42 Å². The highest BCUT2D eigenvalue weighted by Crippen LogP contribution is 2.14. The van der Waals surface area contributed by atoms with E-state index in [0.29, 0.717) is 11.4 Å². The van der Waals surface area contributed by atoms with Gasteiger partial charge in [0.05, 0.1) is 12.5 Å². The first-order chi connectivity index (χ1) is 11.2. The van der Waals surface area contributed by atoms with Crippen LogP contribution in [-0.2, 0) is 14.8 Å². The van der Waals surface area contributed by atoms with Crippen LogP contribution in [0.2, 0.25) is 0 Å². The van der Waals surface area contributed by atoms with Crippen LogP contribution >= 0.6 is 0 Å². The average molecular weight is 351 g/mol. The molecule has 24 heavy (non-hydrogen) atoms. The lowest BCUT2D eigenvalue weighted by Gasteiger charge is -2.13. The van der Waals surface area contributed by atoms with Crippen LogP contribution in [0.15, 0.2) is 47.1 Å². The van der Waals surface area contributed by atoms with Crippen LogP contribution in [0.4, 0.5) is 11.4 Å². The first-order valence-electron chi connectivity index (χ1n) is 6.98. The number of amides is 2. The molecule has 3 N–H and O–H groups in total. The summed E-state index contributed by atoms with van der Waals surface area (Å²) in [5.74, 6) is -0.792. The summed E-state index contributed by atoms with van der Waals surface area (Å²) in [4.78, 5) is 23.9. The van der Waals surface area contributed by atoms with Gasteiger partial charge in [-0.05, 0) is 43.3 Å². The van der Waals surface area contributed by atoms with Crippen molar-refractivity contribution in [2.45, 2.75) is 13.0 Å². The lowest BCUT2D eigenvalue weighted by atomic mass is 10.2. The Bertz CT molecular complexity index is 813. The number of carbonyl (C=O) groups is 2. The Hall–Kier alpha value is -2.81. The standard InChI is InChI=1S/C15H17N3O5S/c1-10(16-15(20)13-4-3-9-23-13)14(19)17-11-5-7-12(8-6-11)18-24(2,21)22/h3-10,18H,1-2H3,(H,16,20)(H,17,19). The van der Waals surface area contributed by atoms with E-state index < -0.39 is 27.9 Å². The third-order valence-corrected chi connectivity index (χ3v) is 3.55. The Balaban J connectivity index is 1.92. The molecular formula is C15H17N3O5S. The van der Waals surface area contributed by atoms with Crippen molar-refractivity contribution in [3.05, 3.63) is 48.4 Å². The van der Waals surface area contributed by atoms with Crippen molar-refractivity contribution in [1.29, 1.82) is 0 Å². The van der Waals surface area contributed by atoms with Crippen LogP contribution < -0.4 is 15.4 Å². The van der Waals surface area contributed by atoms with Gasteiger partial charge in [-0.2, -0.15) is 0 Å². The van der Waals surface area contributed by atoms with Gasteiger partial charge >= 0.3 is 0 Å². The summed E-state index contributed by atoms with van der Waals surface area (Å²) in [6.07, 6.45) is 2.41. The molecule has 1 aromatic heterocycles. The van der Waals surface area contributed by atoms with Gasteiger partial charge in [0.1, 0.15) is 6.04 Å². The number of carbonyl (C=O) groups excluding carboxylic acids is 2. The molecule has 2 rings (SSSR count). The van der Waals surface area contributed by atoms with Crippen LogP contribution in [0.1, 0.15) is 17.5 Å². The van der Waals surface area contributed by atoms with Crippen molar-refractivity contribution in [2.24, 2.45) is 0 Å². The SMILES string of the molecule is CC(NC(=O)c1ccco1)C(=O)Nc1ccc(NS(C)(=O)=O)cc1. The highest BCUT2D eigenvalue weighted by atomic mass is 32.2. The van der Waals surface area contributed by atoms with Gasteiger partial charge in [-0.15, -0.1) is 0 Å². The zero-order valence-corrected chi connectivity index (χ0v) is 13.9. The number of nitrogens with one attached hydrogen (secondary N) is 3. The van der Waals surface area contributed by atoms with Gasteiger partial charge in [-0.3, -0.25) is 14.3 Å². The molecule has 1 atom stereocenters. The summed E-state index contributed by atoms with van der Waals surface area (Å²) in [5.41, 5.74) is 0.854. The minimum absolute atomic E-state index is 0.117. The van der Waals surface area contributed by atoms with E-state index in [0.717, 1.165) is 6.26 Å². The molecule has 8 nitrogen and oxygen atoms in total. The largest absolute Gasteiger partial charge is 0.459 e. The maximum absolute atomic E-state index is 12.1. The smallest absolute Gasteiger partial charge is 0.287 e. The van der Waals surface area contributed by atoms with E-state index in [1.165, 1.54) is 31.4 Å². The fraction of sp³-hybridized carbons (Fsp3) is 0.200. The highest BCUT2D eigenvalue weighted by molar-refractivity contribution is 7.92. The summed E-state index contributed by atoms with van der Waals surface area (Å²) in [5, 5.41) is 5.13. The van der Waals surface area contributed by atoms with Crippen molar-refractivity contribution in [3.8, 4) is 0 Å². The second kappa shape index (κ2) is 7.18. The summed E-state index contributed by atoms with van der Waals surface area (Å²) < 4.78 is 29.5. The Morgan fingerprint density at radius 1 is 1.08 bits per heavy atom. The van der Waals surface area contributed by atoms with Gasteiger partial charge in [0.2, 0.25) is 15.9 Å². The number of sulfonamides is 1. The quantitative estimate of drug-likeness (QED) is 0.727. The highest BCUT2D eigenvalue weighted by Gasteiger charge is 2.18. The molecule has 0 fully saturated rings. The number of hydrogen-bond donors (Lipinski definition) is 3. The third-order valence-electron chi connectivity index (χ3n) is 2.94. The Morgan fingerprint density at radius 2 is 1.71 bits per heavy atom. The van der Waals surface area contributed by atoms with E-state index in [2.05, 4.69) is 15.4 Å². The number of rotatable bonds is 6. The Kier molecular flexibility index (Phi) is 5.24. The molecule has 2 amide bonds. The number of furan rings is 1. The number of anilines is 2. The number of hydrogen-bond acceptors (Lipinski definition) is 5. The van der Waals surface area contributed by atoms with E-state index in [1.54, 1.807) is 18.2 Å². The minimum Gasteiger partial charge on any atom is -0.459 e. The van der Waals surface area contributed by atoms with Crippen LogP contribution in [0.5, 0.6) is 0 Å². The van der Waals surface area contributed by atoms with Gasteiger partial charge in [-0.1, -0.05) is 0 Å². The van der Waals surface area contributed by atoms with Crippen molar-refractivity contribution in [3.63, 3.8) is 0 Å². The van der Waals surface area contributed by atoms with E-state index in [4.69, 9.17) is 4.42 Å². The lowest BCUT2D eigenvalue weighted by molar-refractivity contribution is -0.117. The molecule has 2 aromatic rings. The summed E-state index contributed by atoms with van der Waals surface area (Å²) in [6, 6.07) is 8.42. The topological polar surface area (TPSA) is 118 Å². The van der Waals surface area contributed by atoms with Crippen LogP contribution in [0.3, 0.4) is 0 Å². The summed E-state index contributed by atoms with van der Waals surface area (Å²) >= 11 is 0. The first kappa shape index (κ1) is 17.5. The second-order valence-electron chi connectivity index (χ2n) is 5.11. The van der Waals surface area contributed by atoms with Crippen LogP contribution in [0.25, 0.3) is 0 Å². The zero-order valence-electron chi connectivity index (χ0n) is 13.1. The van der Waals surface area contributed by atoms with Crippen LogP contribution in [-0.4, -0.2) is 32.5 Å². The van der Waals surface area contributed by atoms with E-state index >= 15 is 0 Å². The molecule has 0 saturated carbocycles. The molecule has 0 radical (unpaired) electrons. The average Bonchev–Trinajstić information content (AvgIpc) is 3.02. The molecule has 0 aliphatic rings. The zero-order chi connectivity index (χ0) is 17.7. The normalized spacial score (nSPS) is 12.2. The molecule has 1 heterocycles. The van der Waals surface area contributed by atoms with Crippen molar-refractivity contribution < 1.29 is 22.4 Å². The maximum Gasteiger partial charge on any atom is 0.287 e. The molecule has 1 unspecified atom stereocenters. The predicted octanol–water partition coefficient (Wildman–Crippen LogP) is 1.41. The molecule has 0 aliphatic carbocycles. The van der Waals surface area contributed by atoms with Gasteiger partial charge in [0, 0.05) is 11.4 Å². The molecule has 9 heteroatoms. The molecule has 0 saturated heterocycles. The van der Waals surface area contributed by atoms with Crippen molar-refractivity contribution >= 4 is 33.2 Å². The second-order valence-corrected chi connectivity index (χ2v) is 6.86. The minimum atomic E-state index is -3.36. The molecule has 128 valence electrons. The van der Waals surface area contributed by atoms with E-state index in [1.807, 2.05) is 0 Å². The lowest BCUT2D eigenvalue weighted by Crippen LogP contribution is -2.41. The predicted molar refractivity (Wildman–Crippen MR) is 89.2 cm³/mol. The molecule has 0 aliphatic heterocycles. The number of benzene rings is 1. The van der Waals surface area contributed by atoms with E-state index in [9.17, 15) is 18.0 Å². The Labute approximate surface area is 139 Å². The maximum atomic E-state index is 12.1. The van der Waals surface area contributed by atoms with Crippen molar-refractivity contribution in [2.75, 3.05) is 16.3 Å². The van der Waals surface area contributed by atoms with Crippen LogP contribution in [0, 0.1) is 0 Å². The molecule has 1 aromatic carbocycles. The first-order valence-corrected chi connectivity index (χ1v) is 8.87. The van der Waals surface area contributed by atoms with E-state index in [-0.39, 0.29) is 5.76 Å². The van der Waals surface area contributed by atoms with Gasteiger partial charge < -0.3 is 15.1 Å². The molecular weight excluding hydrogens is 334 g/mol. The Morgan fingerprint density at radius 3 is 2.25 bits per heavy atom. The van der Waals surface area contributed by atoms with Gasteiger partial charge in [0.25, 0.3) is 5.91 Å². The fourth-order valence-electron chi connectivity index (χ4n) is 1.83. The fourth-order valence-corrected chi connectivity index (χ4v) is 2.39. The molecule has 0 bridgehead atoms. The summed E-state index contributed by atoms with van der Waals surface area (Å²) in [6.45, 7) is 1.54. The van der Waals surface area contributed by atoms with Crippen molar-refractivity contribution in [1.82, 2.24) is 5.32 Å². The molecule has 0 spiro atoms.